The summed E-state index contributed by atoms with van der Waals surface area (Å²) < 4.78 is 0. The minimum atomic E-state index is -0.280. The molecule has 1 saturated heterocycles. The lowest BCUT2D eigenvalue weighted by molar-refractivity contribution is 0.0915. The minimum Gasteiger partial charge on any atom is -0.352 e. The topological polar surface area (TPSA) is 61.4 Å². The molecule has 1 heterocycles. The third-order valence-corrected chi connectivity index (χ3v) is 5.03. The molecule has 1 aromatic rings. The number of unbranched alkanes of at least 4 members (excludes halogenated alkanes) is 1. The van der Waals surface area contributed by atoms with Crippen LogP contribution < -0.4 is 10.6 Å². The Hall–Kier alpha value is -1.88. The van der Waals surface area contributed by atoms with Crippen molar-refractivity contribution < 1.29 is 9.59 Å². The third-order valence-electron chi connectivity index (χ3n) is 5.03. The Bertz CT molecular complexity index is 639. The summed E-state index contributed by atoms with van der Waals surface area (Å²) in [6.07, 6.45) is 3.42. The molecule has 0 aliphatic carbocycles. The third kappa shape index (κ3) is 7.63. The molecule has 156 valence electrons. The highest BCUT2D eigenvalue weighted by atomic mass is 16.2. The maximum absolute atomic E-state index is 12.3. The van der Waals surface area contributed by atoms with E-state index in [1.54, 1.807) is 24.3 Å². The Kier molecular flexibility index (Phi) is 8.05. The molecule has 1 fully saturated rings. The number of carbonyl (C=O) groups excluding carboxylic acids is 2. The molecule has 0 saturated carbocycles. The minimum absolute atomic E-state index is 0.0806. The van der Waals surface area contributed by atoms with Gasteiger partial charge in [0.1, 0.15) is 0 Å². The summed E-state index contributed by atoms with van der Waals surface area (Å²) >= 11 is 0. The van der Waals surface area contributed by atoms with Crippen molar-refractivity contribution in [3.63, 3.8) is 0 Å². The number of nitrogens with one attached hydrogen (secondary N) is 2. The Balaban J connectivity index is 1.69. The Morgan fingerprint density at radius 3 is 2.04 bits per heavy atom. The second-order valence-electron chi connectivity index (χ2n) is 9.45. The second kappa shape index (κ2) is 10.1. The lowest BCUT2D eigenvalue weighted by Gasteiger charge is -2.34. The maximum Gasteiger partial charge on any atom is 0.251 e. The normalized spacial score (nSPS) is 20.6. The molecular formula is C23H37N3O2. The summed E-state index contributed by atoms with van der Waals surface area (Å²) in [6, 6.07) is 6.83. The van der Waals surface area contributed by atoms with Gasteiger partial charge < -0.3 is 15.5 Å². The quantitative estimate of drug-likeness (QED) is 0.701. The van der Waals surface area contributed by atoms with Gasteiger partial charge in [0, 0.05) is 36.3 Å². The summed E-state index contributed by atoms with van der Waals surface area (Å²) in [4.78, 5) is 27.0. The number of carbonyl (C=O) groups is 2. The molecule has 2 unspecified atom stereocenters. The van der Waals surface area contributed by atoms with Gasteiger partial charge in [-0.1, -0.05) is 13.8 Å². The number of likely N-dealkylation sites (tertiary alicyclic amines) is 1. The van der Waals surface area contributed by atoms with Crippen LogP contribution in [0.15, 0.2) is 24.3 Å². The summed E-state index contributed by atoms with van der Waals surface area (Å²) in [5, 5.41) is 5.90. The van der Waals surface area contributed by atoms with Crippen LogP contribution in [-0.2, 0) is 0 Å². The zero-order valence-corrected chi connectivity index (χ0v) is 18.2. The van der Waals surface area contributed by atoms with Crippen molar-refractivity contribution in [2.45, 2.75) is 59.4 Å². The van der Waals surface area contributed by atoms with Crippen LogP contribution in [0.25, 0.3) is 0 Å². The predicted molar refractivity (Wildman–Crippen MR) is 115 cm³/mol. The van der Waals surface area contributed by atoms with Crippen molar-refractivity contribution in [3.8, 4) is 0 Å². The van der Waals surface area contributed by atoms with Gasteiger partial charge in [0.25, 0.3) is 11.8 Å². The van der Waals surface area contributed by atoms with Crippen molar-refractivity contribution in [2.24, 2.45) is 11.8 Å². The zero-order chi connectivity index (χ0) is 20.7. The van der Waals surface area contributed by atoms with Crippen LogP contribution in [0, 0.1) is 11.8 Å². The van der Waals surface area contributed by atoms with E-state index < -0.39 is 0 Å². The number of benzene rings is 1. The number of hydrogen-bond acceptors (Lipinski definition) is 3. The maximum atomic E-state index is 12.3. The van der Waals surface area contributed by atoms with Crippen molar-refractivity contribution in [2.75, 3.05) is 26.2 Å². The first-order valence-electron chi connectivity index (χ1n) is 10.6. The van der Waals surface area contributed by atoms with E-state index >= 15 is 0 Å². The lowest BCUT2D eigenvalue weighted by atomic mass is 9.92. The number of piperidine rings is 1. The van der Waals surface area contributed by atoms with Crippen LogP contribution in [0.4, 0.5) is 0 Å². The van der Waals surface area contributed by atoms with Crippen LogP contribution >= 0.6 is 0 Å². The van der Waals surface area contributed by atoms with Crippen molar-refractivity contribution in [1.82, 2.24) is 15.5 Å². The van der Waals surface area contributed by atoms with Gasteiger partial charge in [0.2, 0.25) is 0 Å². The highest BCUT2D eigenvalue weighted by molar-refractivity contribution is 5.98. The molecule has 5 nitrogen and oxygen atoms in total. The zero-order valence-electron chi connectivity index (χ0n) is 18.2. The van der Waals surface area contributed by atoms with Gasteiger partial charge in [-0.15, -0.1) is 0 Å². The van der Waals surface area contributed by atoms with E-state index in [0.717, 1.165) is 31.2 Å². The fourth-order valence-corrected chi connectivity index (χ4v) is 3.92. The summed E-state index contributed by atoms with van der Waals surface area (Å²) in [5.41, 5.74) is 0.875. The smallest absolute Gasteiger partial charge is 0.251 e. The Labute approximate surface area is 170 Å². The first-order chi connectivity index (χ1) is 13.1. The van der Waals surface area contributed by atoms with Crippen LogP contribution in [-0.4, -0.2) is 48.4 Å². The molecule has 2 atom stereocenters. The van der Waals surface area contributed by atoms with Crippen molar-refractivity contribution >= 4 is 11.8 Å². The van der Waals surface area contributed by atoms with Crippen LogP contribution in [0.3, 0.4) is 0 Å². The predicted octanol–water partition coefficient (Wildman–Crippen LogP) is 3.70. The van der Waals surface area contributed by atoms with E-state index in [9.17, 15) is 9.59 Å². The molecule has 0 aromatic heterocycles. The van der Waals surface area contributed by atoms with Crippen LogP contribution in [0.2, 0.25) is 0 Å². The van der Waals surface area contributed by atoms with Gasteiger partial charge in [-0.05, 0) is 82.7 Å². The fourth-order valence-electron chi connectivity index (χ4n) is 3.92. The molecule has 1 aliphatic heterocycles. The van der Waals surface area contributed by atoms with Crippen LogP contribution in [0.5, 0.6) is 0 Å². The first kappa shape index (κ1) is 22.4. The molecule has 1 aromatic carbocycles. The number of rotatable bonds is 7. The van der Waals surface area contributed by atoms with E-state index in [1.165, 1.54) is 19.5 Å². The Morgan fingerprint density at radius 2 is 1.50 bits per heavy atom. The van der Waals surface area contributed by atoms with Gasteiger partial charge >= 0.3 is 0 Å². The van der Waals surface area contributed by atoms with Crippen molar-refractivity contribution in [3.05, 3.63) is 35.4 Å². The fraction of sp³-hybridized carbons (Fsp3) is 0.652. The van der Waals surface area contributed by atoms with Gasteiger partial charge in [-0.25, -0.2) is 0 Å². The standard InChI is InChI=1S/C23H37N3O2/c1-17-14-18(2)16-26(15-17)13-7-6-12-24-21(27)19-8-10-20(11-9-19)22(28)25-23(3,4)5/h8-11,17-18H,6-7,12-16H2,1-5H3,(H,24,27)(H,25,28). The SMILES string of the molecule is CC1CC(C)CN(CCCCNC(=O)c2ccc(C(=O)NC(C)(C)C)cc2)C1. The average molecular weight is 388 g/mol. The molecule has 0 bridgehead atoms. The van der Waals surface area contributed by atoms with E-state index in [2.05, 4.69) is 29.4 Å². The van der Waals surface area contributed by atoms with Gasteiger partial charge in [0.15, 0.2) is 0 Å². The molecule has 0 radical (unpaired) electrons. The van der Waals surface area contributed by atoms with E-state index in [0.29, 0.717) is 17.7 Å². The number of nitrogens with zero attached hydrogens (tertiary/aromatic N) is 1. The van der Waals surface area contributed by atoms with E-state index in [4.69, 9.17) is 0 Å². The molecule has 5 heteroatoms. The lowest BCUT2D eigenvalue weighted by Crippen LogP contribution is -2.40. The van der Waals surface area contributed by atoms with Gasteiger partial charge in [-0.2, -0.15) is 0 Å². The molecule has 2 rings (SSSR count). The van der Waals surface area contributed by atoms with Gasteiger partial charge in [-0.3, -0.25) is 9.59 Å². The average Bonchev–Trinajstić information content (AvgIpc) is 2.59. The van der Waals surface area contributed by atoms with E-state index in [-0.39, 0.29) is 17.4 Å². The van der Waals surface area contributed by atoms with Crippen LogP contribution in [0.1, 0.15) is 74.6 Å². The highest BCUT2D eigenvalue weighted by Crippen LogP contribution is 2.21. The van der Waals surface area contributed by atoms with Gasteiger partial charge in [0.05, 0.1) is 0 Å². The highest BCUT2D eigenvalue weighted by Gasteiger charge is 2.21. The molecule has 0 spiro atoms. The second-order valence-corrected chi connectivity index (χ2v) is 9.45. The molecule has 2 N–H and O–H groups in total. The molecule has 2 amide bonds. The summed E-state index contributed by atoms with van der Waals surface area (Å²) in [7, 11) is 0. The van der Waals surface area contributed by atoms with E-state index in [1.807, 2.05) is 20.8 Å². The summed E-state index contributed by atoms with van der Waals surface area (Å²) in [6.45, 7) is 14.7. The first-order valence-corrected chi connectivity index (χ1v) is 10.6. The monoisotopic (exact) mass is 387 g/mol. The molecular weight excluding hydrogens is 350 g/mol. The largest absolute Gasteiger partial charge is 0.352 e. The number of amides is 2. The Morgan fingerprint density at radius 1 is 0.964 bits per heavy atom. The summed E-state index contributed by atoms with van der Waals surface area (Å²) in [5.74, 6) is 1.37. The molecule has 1 aliphatic rings. The van der Waals surface area contributed by atoms with Crippen molar-refractivity contribution in [1.29, 1.82) is 0 Å². The molecule has 28 heavy (non-hydrogen) atoms. The number of hydrogen-bond donors (Lipinski definition) is 2.